The van der Waals surface area contributed by atoms with Crippen LogP contribution < -0.4 is 0 Å². The van der Waals surface area contributed by atoms with Crippen LogP contribution in [0.4, 0.5) is 4.39 Å². The molecule has 2 aliphatic carbocycles. The van der Waals surface area contributed by atoms with Gasteiger partial charge >= 0.3 is 0 Å². The lowest BCUT2D eigenvalue weighted by atomic mass is 10.0. The first-order valence-corrected chi connectivity index (χ1v) is 7.50. The topological polar surface area (TPSA) is 0 Å². The number of fused-ring (bicyclic) bond motifs is 1. The van der Waals surface area contributed by atoms with Gasteiger partial charge in [0.1, 0.15) is 5.82 Å². The van der Waals surface area contributed by atoms with Crippen LogP contribution in [0.5, 0.6) is 0 Å². The third-order valence-electron chi connectivity index (χ3n) is 4.32. The Kier molecular flexibility index (Phi) is 3.20. The van der Waals surface area contributed by atoms with E-state index < -0.39 is 0 Å². The molecule has 1 aromatic rings. The normalized spacial score (nSPS) is 33.0. The number of hydrogen-bond donors (Lipinski definition) is 0. The highest BCUT2D eigenvalue weighted by molar-refractivity contribution is 9.10. The molecule has 2 fully saturated rings. The Bertz CT molecular complexity index is 422. The van der Waals surface area contributed by atoms with E-state index in [1.807, 2.05) is 12.1 Å². The lowest BCUT2D eigenvalue weighted by Crippen LogP contribution is -1.96. The second-order valence-electron chi connectivity index (χ2n) is 5.26. The molecule has 2 saturated carbocycles. The first-order chi connectivity index (χ1) is 8.18. The zero-order valence-electron chi connectivity index (χ0n) is 9.50. The number of benzene rings is 1. The Balaban J connectivity index is 1.78. The van der Waals surface area contributed by atoms with Gasteiger partial charge in [0.25, 0.3) is 0 Å². The van der Waals surface area contributed by atoms with Crippen molar-refractivity contribution < 1.29 is 4.39 Å². The summed E-state index contributed by atoms with van der Waals surface area (Å²) in [6.07, 6.45) is 5.38. The molecule has 17 heavy (non-hydrogen) atoms. The Morgan fingerprint density at radius 2 is 1.88 bits per heavy atom. The smallest absolute Gasteiger partial charge is 0.137 e. The number of alkyl halides is 1. The average molecular weight is 318 g/mol. The first-order valence-electron chi connectivity index (χ1n) is 6.27. The molecule has 0 spiro atoms. The van der Waals surface area contributed by atoms with Crippen LogP contribution in [0.2, 0.25) is 0 Å². The van der Waals surface area contributed by atoms with Gasteiger partial charge < -0.3 is 0 Å². The predicted octanol–water partition coefficient (Wildman–Crippen LogP) is 5.30. The fourth-order valence-electron chi connectivity index (χ4n) is 3.39. The summed E-state index contributed by atoms with van der Waals surface area (Å²) in [7, 11) is 0. The fourth-order valence-corrected chi connectivity index (χ4v) is 4.29. The molecule has 0 heterocycles. The number of hydrogen-bond acceptors (Lipinski definition) is 0. The summed E-state index contributed by atoms with van der Waals surface area (Å²) in [5.74, 6) is 2.06. The molecule has 92 valence electrons. The van der Waals surface area contributed by atoms with Crippen LogP contribution in [0.25, 0.3) is 0 Å². The zero-order chi connectivity index (χ0) is 12.0. The minimum absolute atomic E-state index is 0.0556. The van der Waals surface area contributed by atoms with Crippen LogP contribution in [-0.4, -0.2) is 0 Å². The summed E-state index contributed by atoms with van der Waals surface area (Å²) in [6, 6.07) is 5.15. The maximum Gasteiger partial charge on any atom is 0.137 e. The van der Waals surface area contributed by atoms with E-state index in [0.29, 0.717) is 10.4 Å². The Morgan fingerprint density at radius 3 is 2.47 bits per heavy atom. The molecule has 3 unspecified atom stereocenters. The van der Waals surface area contributed by atoms with Crippen molar-refractivity contribution in [3.8, 4) is 0 Å². The van der Waals surface area contributed by atoms with Crippen molar-refractivity contribution in [1.29, 1.82) is 0 Å². The average Bonchev–Trinajstić information content (AvgIpc) is 3.06. The largest absolute Gasteiger partial charge is 0.206 e. The summed E-state index contributed by atoms with van der Waals surface area (Å²) in [5, 5.41) is 0.0556. The third-order valence-corrected chi connectivity index (χ3v) is 5.47. The molecular formula is C14H15BrClF. The van der Waals surface area contributed by atoms with E-state index in [0.717, 1.165) is 17.4 Å². The van der Waals surface area contributed by atoms with E-state index >= 15 is 0 Å². The van der Waals surface area contributed by atoms with Gasteiger partial charge in [-0.15, -0.1) is 11.6 Å². The Labute approximate surface area is 115 Å². The summed E-state index contributed by atoms with van der Waals surface area (Å²) < 4.78 is 13.7. The molecule has 3 heteroatoms. The van der Waals surface area contributed by atoms with Gasteiger partial charge in [-0.3, -0.25) is 0 Å². The molecule has 0 bridgehead atoms. The SMILES string of the molecule is Fc1ccc(C(Cl)C2C3CCCCC32)cc1Br. The molecule has 3 atom stereocenters. The predicted molar refractivity (Wildman–Crippen MR) is 71.6 cm³/mol. The minimum Gasteiger partial charge on any atom is -0.206 e. The summed E-state index contributed by atoms with van der Waals surface area (Å²) >= 11 is 9.79. The molecule has 0 aromatic heterocycles. The second kappa shape index (κ2) is 4.55. The summed E-state index contributed by atoms with van der Waals surface area (Å²) in [5.41, 5.74) is 1.05. The molecule has 0 aliphatic heterocycles. The van der Waals surface area contributed by atoms with Crippen molar-refractivity contribution in [1.82, 2.24) is 0 Å². The quantitative estimate of drug-likeness (QED) is 0.649. The third kappa shape index (κ3) is 2.15. The van der Waals surface area contributed by atoms with Crippen molar-refractivity contribution >= 4 is 27.5 Å². The van der Waals surface area contributed by atoms with Crippen LogP contribution in [-0.2, 0) is 0 Å². The van der Waals surface area contributed by atoms with Crippen molar-refractivity contribution in [3.05, 3.63) is 34.1 Å². The van der Waals surface area contributed by atoms with Crippen LogP contribution in [0, 0.1) is 23.6 Å². The minimum atomic E-state index is -0.217. The Morgan fingerprint density at radius 1 is 1.24 bits per heavy atom. The van der Waals surface area contributed by atoms with E-state index in [1.54, 1.807) is 0 Å². The van der Waals surface area contributed by atoms with Gasteiger partial charge in [-0.1, -0.05) is 18.9 Å². The van der Waals surface area contributed by atoms with Crippen molar-refractivity contribution in [3.63, 3.8) is 0 Å². The maximum absolute atomic E-state index is 13.2. The second-order valence-corrected chi connectivity index (χ2v) is 6.59. The highest BCUT2D eigenvalue weighted by Gasteiger charge is 2.53. The van der Waals surface area contributed by atoms with Crippen LogP contribution in [0.1, 0.15) is 36.6 Å². The fraction of sp³-hybridized carbons (Fsp3) is 0.571. The molecule has 0 saturated heterocycles. The van der Waals surface area contributed by atoms with Crippen LogP contribution in [0.15, 0.2) is 22.7 Å². The molecule has 0 amide bonds. The lowest BCUT2D eigenvalue weighted by molar-refractivity contribution is 0.480. The highest BCUT2D eigenvalue weighted by Crippen LogP contribution is 2.62. The molecule has 1 aromatic carbocycles. The summed E-state index contributed by atoms with van der Waals surface area (Å²) in [4.78, 5) is 0. The van der Waals surface area contributed by atoms with Gasteiger partial charge in [-0.25, -0.2) is 4.39 Å². The molecule has 2 aliphatic rings. The van der Waals surface area contributed by atoms with Gasteiger partial charge in [-0.2, -0.15) is 0 Å². The molecule has 0 nitrogen and oxygen atoms in total. The lowest BCUT2D eigenvalue weighted by Gasteiger charge is -2.10. The Hall–Kier alpha value is -0.0800. The monoisotopic (exact) mass is 316 g/mol. The van der Waals surface area contributed by atoms with Gasteiger partial charge in [0.15, 0.2) is 0 Å². The van der Waals surface area contributed by atoms with E-state index in [2.05, 4.69) is 15.9 Å². The van der Waals surface area contributed by atoms with Gasteiger partial charge in [0.05, 0.1) is 9.85 Å². The highest BCUT2D eigenvalue weighted by atomic mass is 79.9. The number of rotatable bonds is 2. The standard InChI is InChI=1S/C14H15BrClF/c15-11-7-8(5-6-12(11)17)14(16)13-9-3-1-2-4-10(9)13/h5-7,9-10,13-14H,1-4H2. The van der Waals surface area contributed by atoms with Crippen molar-refractivity contribution in [2.24, 2.45) is 17.8 Å². The van der Waals surface area contributed by atoms with Crippen LogP contribution in [0.3, 0.4) is 0 Å². The first kappa shape index (κ1) is 12.0. The van der Waals surface area contributed by atoms with Gasteiger partial charge in [0.2, 0.25) is 0 Å². The number of halogens is 3. The van der Waals surface area contributed by atoms with E-state index in [-0.39, 0.29) is 11.2 Å². The molecule has 0 radical (unpaired) electrons. The molecule has 0 N–H and O–H groups in total. The van der Waals surface area contributed by atoms with Crippen molar-refractivity contribution in [2.75, 3.05) is 0 Å². The van der Waals surface area contributed by atoms with E-state index in [4.69, 9.17) is 11.6 Å². The zero-order valence-corrected chi connectivity index (χ0v) is 11.8. The molecule has 3 rings (SSSR count). The van der Waals surface area contributed by atoms with Gasteiger partial charge in [0, 0.05) is 0 Å². The molecular weight excluding hydrogens is 303 g/mol. The van der Waals surface area contributed by atoms with Crippen LogP contribution >= 0.6 is 27.5 Å². The maximum atomic E-state index is 13.2. The van der Waals surface area contributed by atoms with Gasteiger partial charge in [-0.05, 0) is 64.2 Å². The summed E-state index contributed by atoms with van der Waals surface area (Å²) in [6.45, 7) is 0. The van der Waals surface area contributed by atoms with Crippen molar-refractivity contribution in [2.45, 2.75) is 31.1 Å². The van der Waals surface area contributed by atoms with E-state index in [9.17, 15) is 4.39 Å². The van der Waals surface area contributed by atoms with E-state index in [1.165, 1.54) is 31.7 Å².